The predicted molar refractivity (Wildman–Crippen MR) is 179 cm³/mol. The van der Waals surface area contributed by atoms with Gasteiger partial charge in [0.2, 0.25) is 5.91 Å². The largest absolute Gasteiger partial charge is 0.492 e. The molecule has 5 rings (SSSR count). The van der Waals surface area contributed by atoms with Crippen molar-refractivity contribution in [3.63, 3.8) is 0 Å². The number of carbonyl (C=O) groups is 1. The summed E-state index contributed by atoms with van der Waals surface area (Å²) in [6.45, 7) is 4.84. The number of halogens is 1. The summed E-state index contributed by atoms with van der Waals surface area (Å²) in [5.74, 6) is 1.27. The highest BCUT2D eigenvalue weighted by Gasteiger charge is 2.19. The van der Waals surface area contributed by atoms with E-state index < -0.39 is 0 Å². The Bertz CT molecular complexity index is 1960. The number of fused-ring (bicyclic) bond motifs is 2. The maximum absolute atomic E-state index is 12.8. The second kappa shape index (κ2) is 13.7. The summed E-state index contributed by atoms with van der Waals surface area (Å²) >= 11 is 6.68. The highest BCUT2D eigenvalue weighted by Crippen LogP contribution is 2.39. The van der Waals surface area contributed by atoms with Gasteiger partial charge in [-0.3, -0.25) is 9.78 Å². The number of imidazole rings is 1. The van der Waals surface area contributed by atoms with E-state index in [4.69, 9.17) is 26.1 Å². The van der Waals surface area contributed by atoms with Crippen molar-refractivity contribution in [1.82, 2.24) is 19.4 Å². The van der Waals surface area contributed by atoms with Gasteiger partial charge in [-0.1, -0.05) is 24.6 Å². The highest BCUT2D eigenvalue weighted by atomic mass is 35.5. The lowest BCUT2D eigenvalue weighted by Gasteiger charge is -2.18. The minimum absolute atomic E-state index is 0.296. The first-order valence-electron chi connectivity index (χ1n) is 14.5. The monoisotopic (exact) mass is 623 g/mol. The quantitative estimate of drug-likeness (QED) is 0.148. The van der Waals surface area contributed by atoms with Crippen LogP contribution in [0.3, 0.4) is 0 Å². The summed E-state index contributed by atoms with van der Waals surface area (Å²) in [6.07, 6.45) is 5.56. The summed E-state index contributed by atoms with van der Waals surface area (Å²) in [4.78, 5) is 23.9. The lowest BCUT2D eigenvalue weighted by molar-refractivity contribution is -0.111. The Balaban J connectivity index is 1.51. The van der Waals surface area contributed by atoms with Crippen LogP contribution in [0.5, 0.6) is 17.2 Å². The van der Waals surface area contributed by atoms with E-state index in [0.29, 0.717) is 81.1 Å². The van der Waals surface area contributed by atoms with Crippen LogP contribution in [0.4, 0.5) is 17.1 Å². The molecule has 0 radical (unpaired) electrons. The maximum Gasteiger partial charge on any atom is 0.248 e. The number of aromatic nitrogens is 3. The van der Waals surface area contributed by atoms with Crippen LogP contribution < -0.4 is 20.1 Å². The van der Waals surface area contributed by atoms with Gasteiger partial charge in [0.05, 0.1) is 57.1 Å². The minimum Gasteiger partial charge on any atom is -0.492 e. The smallest absolute Gasteiger partial charge is 0.248 e. The first-order chi connectivity index (χ1) is 21.7. The number of hydrogen-bond donors (Lipinski definition) is 2. The van der Waals surface area contributed by atoms with E-state index in [0.717, 1.165) is 11.0 Å². The second-order valence-corrected chi connectivity index (χ2v) is 11.0. The van der Waals surface area contributed by atoms with Crippen LogP contribution in [0.2, 0.25) is 5.02 Å². The molecule has 0 saturated carbocycles. The van der Waals surface area contributed by atoms with Crippen molar-refractivity contribution in [2.75, 3.05) is 37.9 Å². The molecule has 2 heterocycles. The highest BCUT2D eigenvalue weighted by molar-refractivity contribution is 6.32. The molecule has 5 aromatic rings. The van der Waals surface area contributed by atoms with Gasteiger partial charge in [0.25, 0.3) is 0 Å². The summed E-state index contributed by atoms with van der Waals surface area (Å²) in [7, 11) is 5.79. The van der Waals surface area contributed by atoms with Gasteiger partial charge in [0.1, 0.15) is 23.3 Å². The topological polar surface area (TPSA) is 117 Å². The number of amides is 1. The number of hydrogen-bond acceptors (Lipinski definition) is 8. The van der Waals surface area contributed by atoms with Crippen LogP contribution in [-0.4, -0.2) is 52.6 Å². The van der Waals surface area contributed by atoms with Gasteiger partial charge in [-0.05, 0) is 63.8 Å². The third-order valence-corrected chi connectivity index (χ3v) is 7.33. The van der Waals surface area contributed by atoms with Crippen molar-refractivity contribution < 1.29 is 14.3 Å². The average molecular weight is 624 g/mol. The van der Waals surface area contributed by atoms with Crippen LogP contribution in [0.1, 0.15) is 25.1 Å². The van der Waals surface area contributed by atoms with E-state index in [1.807, 2.05) is 68.7 Å². The van der Waals surface area contributed by atoms with E-state index in [2.05, 4.69) is 21.7 Å². The minimum atomic E-state index is -0.296. The lowest BCUT2D eigenvalue weighted by atomic mass is 10.0. The number of carbonyl (C=O) groups excluding carboxylic acids is 1. The molecule has 0 fully saturated rings. The fraction of sp³-hybridized carbons (Fsp3) is 0.235. The zero-order chi connectivity index (χ0) is 32.1. The van der Waals surface area contributed by atoms with E-state index in [1.165, 1.54) is 6.08 Å². The first-order valence-corrected chi connectivity index (χ1v) is 14.9. The number of rotatable bonds is 11. The number of aryl methyl sites for hydroxylation is 2. The molecule has 1 amide bonds. The van der Waals surface area contributed by atoms with Crippen molar-refractivity contribution in [3.05, 3.63) is 83.3 Å². The molecule has 0 unspecified atom stereocenters. The summed E-state index contributed by atoms with van der Waals surface area (Å²) in [6, 6.07) is 16.9. The number of likely N-dealkylation sites (N-methyl/N-ethyl adjacent to an activating group) is 1. The van der Waals surface area contributed by atoms with E-state index in [9.17, 15) is 10.1 Å². The fourth-order valence-electron chi connectivity index (χ4n) is 4.88. The number of anilines is 3. The Labute approximate surface area is 266 Å². The van der Waals surface area contributed by atoms with Gasteiger partial charge in [-0.2, -0.15) is 5.26 Å². The zero-order valence-corrected chi connectivity index (χ0v) is 26.6. The van der Waals surface area contributed by atoms with Gasteiger partial charge in [-0.25, -0.2) is 4.98 Å². The first kappa shape index (κ1) is 31.3. The van der Waals surface area contributed by atoms with Crippen LogP contribution in [-0.2, 0) is 18.3 Å². The molecule has 2 aromatic heterocycles. The van der Waals surface area contributed by atoms with Gasteiger partial charge >= 0.3 is 0 Å². The average Bonchev–Trinajstić information content (AvgIpc) is 3.38. The van der Waals surface area contributed by atoms with Crippen LogP contribution >= 0.6 is 11.6 Å². The number of nitrogens with zero attached hydrogens (tertiary/aromatic N) is 5. The molecule has 0 aliphatic rings. The van der Waals surface area contributed by atoms with Gasteiger partial charge in [-0.15, -0.1) is 0 Å². The molecular formula is C34H34ClN7O3. The number of nitriles is 1. The second-order valence-electron chi connectivity index (χ2n) is 10.6. The SMILES string of the molecule is CCOc1cc2nc(CC)c(C#N)c(Nc3ccc(Oc4ccc5c(c4)ncn5C)c(Cl)c3)c2cc1NC(=O)/C=C/CN(C)C. The summed E-state index contributed by atoms with van der Waals surface area (Å²) in [5, 5.41) is 17.5. The molecule has 0 atom stereocenters. The Kier molecular flexibility index (Phi) is 9.52. The Hall–Kier alpha value is -5.11. The molecule has 0 bridgehead atoms. The Morgan fingerprint density at radius 3 is 2.64 bits per heavy atom. The zero-order valence-electron chi connectivity index (χ0n) is 25.8. The molecule has 3 aromatic carbocycles. The van der Waals surface area contributed by atoms with Gasteiger partial charge < -0.3 is 29.6 Å². The number of pyridine rings is 1. The van der Waals surface area contributed by atoms with Crippen LogP contribution in [0.25, 0.3) is 21.9 Å². The van der Waals surface area contributed by atoms with Crippen LogP contribution in [0, 0.1) is 11.3 Å². The van der Waals surface area contributed by atoms with Crippen LogP contribution in [0.15, 0.2) is 67.0 Å². The molecule has 45 heavy (non-hydrogen) atoms. The van der Waals surface area contributed by atoms with Crippen molar-refractivity contribution in [2.24, 2.45) is 7.05 Å². The van der Waals surface area contributed by atoms with Crippen molar-refractivity contribution in [3.8, 4) is 23.3 Å². The molecule has 0 spiro atoms. The van der Waals surface area contributed by atoms with Crippen molar-refractivity contribution in [1.29, 1.82) is 5.26 Å². The third-order valence-electron chi connectivity index (χ3n) is 7.03. The van der Waals surface area contributed by atoms with Crippen molar-refractivity contribution in [2.45, 2.75) is 20.3 Å². The summed E-state index contributed by atoms with van der Waals surface area (Å²) in [5.41, 5.74) is 5.12. The molecule has 230 valence electrons. The molecule has 2 N–H and O–H groups in total. The maximum atomic E-state index is 12.8. The van der Waals surface area contributed by atoms with E-state index >= 15 is 0 Å². The number of ether oxygens (including phenoxy) is 2. The lowest BCUT2D eigenvalue weighted by Crippen LogP contribution is -2.13. The van der Waals surface area contributed by atoms with E-state index in [-0.39, 0.29) is 5.91 Å². The molecule has 0 aliphatic heterocycles. The summed E-state index contributed by atoms with van der Waals surface area (Å²) < 4.78 is 13.9. The van der Waals surface area contributed by atoms with Gasteiger partial charge in [0, 0.05) is 42.9 Å². The Morgan fingerprint density at radius 2 is 1.93 bits per heavy atom. The van der Waals surface area contributed by atoms with E-state index in [1.54, 1.807) is 36.7 Å². The molecular weight excluding hydrogens is 590 g/mol. The number of benzene rings is 3. The standard InChI is InChI=1S/C34H34ClN7O3/c1-6-26-24(19-36)34(23-17-29(32(44-7-2)18-27(23)39-26)40-33(43)9-8-14-41(3)4)38-21-10-13-31(25(35)15-21)45-22-11-12-30-28(16-22)37-20-42(30)5/h8-13,15-18,20H,6-7,14H2,1-5H3,(H,38,39)(H,40,43)/b9-8+. The molecule has 0 saturated heterocycles. The molecule has 10 nitrogen and oxygen atoms in total. The predicted octanol–water partition coefficient (Wildman–Crippen LogP) is 7.20. The van der Waals surface area contributed by atoms with Gasteiger partial charge in [0.15, 0.2) is 0 Å². The Morgan fingerprint density at radius 1 is 1.11 bits per heavy atom. The number of nitrogens with one attached hydrogen (secondary N) is 2. The normalized spacial score (nSPS) is 11.3. The molecule has 11 heteroatoms. The van der Waals surface area contributed by atoms with Crippen molar-refractivity contribution >= 4 is 56.5 Å². The molecule has 0 aliphatic carbocycles. The third kappa shape index (κ3) is 7.01. The fourth-order valence-corrected chi connectivity index (χ4v) is 5.10.